The van der Waals surface area contributed by atoms with Crippen molar-refractivity contribution in [3.63, 3.8) is 0 Å². The largest absolute Gasteiger partial charge is 0.410 e. The van der Waals surface area contributed by atoms with Crippen molar-refractivity contribution in [1.29, 1.82) is 0 Å². The molecule has 3 rings (SSSR count). The standard InChI is InChI=1S/C31H40N2O3S/c1-2-3-4-5-6-7-8-9-10-12-19-26-20-15-18-25-30(26)37(35,36)33-29-24-17-16-23-28(29)31(32-34)27-21-13-11-14-22-27/h11,13-18,20-25,33-34H,2-10,12,19H2,1H3. The minimum atomic E-state index is -3.84. The van der Waals surface area contributed by atoms with Gasteiger partial charge in [-0.3, -0.25) is 4.72 Å². The van der Waals surface area contributed by atoms with Gasteiger partial charge in [0.1, 0.15) is 5.71 Å². The predicted molar refractivity (Wildman–Crippen MR) is 153 cm³/mol. The van der Waals surface area contributed by atoms with Crippen molar-refractivity contribution >= 4 is 21.4 Å². The van der Waals surface area contributed by atoms with E-state index in [1.54, 1.807) is 36.4 Å². The molecule has 0 fully saturated rings. The third-order valence-electron chi connectivity index (χ3n) is 6.64. The summed E-state index contributed by atoms with van der Waals surface area (Å²) in [4.78, 5) is 0.294. The van der Waals surface area contributed by atoms with Gasteiger partial charge in [0.2, 0.25) is 0 Å². The lowest BCUT2D eigenvalue weighted by Crippen LogP contribution is -2.17. The van der Waals surface area contributed by atoms with Gasteiger partial charge in [0.15, 0.2) is 0 Å². The summed E-state index contributed by atoms with van der Waals surface area (Å²) in [6, 6.07) is 23.4. The molecule has 2 N–H and O–H groups in total. The molecular weight excluding hydrogens is 480 g/mol. The molecule has 0 aliphatic rings. The number of rotatable bonds is 16. The van der Waals surface area contributed by atoms with Gasteiger partial charge in [-0.1, -0.05) is 137 Å². The van der Waals surface area contributed by atoms with Crippen molar-refractivity contribution in [1.82, 2.24) is 0 Å². The Balaban J connectivity index is 1.64. The van der Waals surface area contributed by atoms with Gasteiger partial charge in [0.25, 0.3) is 10.0 Å². The second-order valence-corrected chi connectivity index (χ2v) is 11.2. The number of unbranched alkanes of at least 4 members (excludes halogenated alkanes) is 9. The maximum Gasteiger partial charge on any atom is 0.262 e. The number of anilines is 1. The first-order valence-electron chi connectivity index (χ1n) is 13.5. The molecule has 6 heteroatoms. The minimum Gasteiger partial charge on any atom is -0.410 e. The fourth-order valence-electron chi connectivity index (χ4n) is 4.62. The summed E-state index contributed by atoms with van der Waals surface area (Å²) in [5, 5.41) is 13.2. The Bertz CT molecular complexity index is 1220. The average molecular weight is 521 g/mol. The Morgan fingerprint density at radius 2 is 1.30 bits per heavy atom. The van der Waals surface area contributed by atoms with E-state index in [0.29, 0.717) is 27.4 Å². The van der Waals surface area contributed by atoms with Crippen molar-refractivity contribution < 1.29 is 13.6 Å². The van der Waals surface area contributed by atoms with Crippen LogP contribution in [0.5, 0.6) is 0 Å². The molecule has 37 heavy (non-hydrogen) atoms. The zero-order valence-corrected chi connectivity index (χ0v) is 22.7. The van der Waals surface area contributed by atoms with Gasteiger partial charge >= 0.3 is 0 Å². The van der Waals surface area contributed by atoms with Gasteiger partial charge < -0.3 is 5.21 Å². The van der Waals surface area contributed by atoms with Crippen LogP contribution in [0, 0.1) is 0 Å². The SMILES string of the molecule is CCCCCCCCCCCCc1ccccc1S(=O)(=O)Nc1ccccc1C(=NO)c1ccccc1. The molecule has 0 bridgehead atoms. The third-order valence-corrected chi connectivity index (χ3v) is 8.10. The molecule has 198 valence electrons. The molecule has 0 saturated heterocycles. The van der Waals surface area contributed by atoms with E-state index < -0.39 is 10.0 Å². The number of sulfonamides is 1. The lowest BCUT2D eigenvalue weighted by atomic mass is 10.0. The van der Waals surface area contributed by atoms with Gasteiger partial charge in [-0.25, -0.2) is 8.42 Å². The highest BCUT2D eigenvalue weighted by atomic mass is 32.2. The zero-order chi connectivity index (χ0) is 26.3. The Kier molecular flexibility index (Phi) is 11.7. The lowest BCUT2D eigenvalue weighted by Gasteiger charge is -2.16. The fraction of sp³-hybridized carbons (Fsp3) is 0.387. The molecule has 0 unspecified atom stereocenters. The van der Waals surface area contributed by atoms with Gasteiger partial charge in [-0.05, 0) is 30.5 Å². The van der Waals surface area contributed by atoms with E-state index in [9.17, 15) is 13.6 Å². The van der Waals surface area contributed by atoms with E-state index in [0.717, 1.165) is 24.8 Å². The van der Waals surface area contributed by atoms with Crippen LogP contribution in [0.25, 0.3) is 0 Å². The van der Waals surface area contributed by atoms with E-state index in [1.165, 1.54) is 51.4 Å². The Morgan fingerprint density at radius 1 is 0.730 bits per heavy atom. The van der Waals surface area contributed by atoms with Crippen molar-refractivity contribution in [2.45, 2.75) is 82.4 Å². The number of hydrogen-bond donors (Lipinski definition) is 2. The fourth-order valence-corrected chi connectivity index (χ4v) is 5.97. The average Bonchev–Trinajstić information content (AvgIpc) is 2.92. The first kappa shape index (κ1) is 28.5. The van der Waals surface area contributed by atoms with Crippen LogP contribution in [0.4, 0.5) is 5.69 Å². The van der Waals surface area contributed by atoms with Crippen LogP contribution in [-0.2, 0) is 16.4 Å². The maximum absolute atomic E-state index is 13.5. The molecule has 0 spiro atoms. The van der Waals surface area contributed by atoms with Gasteiger partial charge in [0.05, 0.1) is 10.6 Å². The molecule has 0 radical (unpaired) electrons. The number of nitrogens with one attached hydrogen (secondary N) is 1. The van der Waals surface area contributed by atoms with Crippen molar-refractivity contribution in [2.75, 3.05) is 4.72 Å². The number of nitrogens with zero attached hydrogens (tertiary/aromatic N) is 1. The van der Waals surface area contributed by atoms with Gasteiger partial charge in [0, 0.05) is 11.1 Å². The highest BCUT2D eigenvalue weighted by Gasteiger charge is 2.21. The van der Waals surface area contributed by atoms with E-state index in [1.807, 2.05) is 42.5 Å². The summed E-state index contributed by atoms with van der Waals surface area (Å²) in [6.07, 6.45) is 13.2. The lowest BCUT2D eigenvalue weighted by molar-refractivity contribution is 0.319. The maximum atomic E-state index is 13.5. The number of oxime groups is 1. The molecule has 3 aromatic rings. The molecule has 0 aliphatic heterocycles. The van der Waals surface area contributed by atoms with Gasteiger partial charge in [-0.15, -0.1) is 0 Å². The minimum absolute atomic E-state index is 0.294. The second kappa shape index (κ2) is 15.2. The summed E-state index contributed by atoms with van der Waals surface area (Å²) in [5.41, 5.74) is 2.70. The quantitative estimate of drug-likeness (QED) is 0.0865. The Labute approximate surface area is 222 Å². The molecule has 0 aromatic heterocycles. The molecule has 0 heterocycles. The van der Waals surface area contributed by atoms with Crippen LogP contribution < -0.4 is 4.72 Å². The normalized spacial score (nSPS) is 12.0. The summed E-state index contributed by atoms with van der Waals surface area (Å²) < 4.78 is 29.7. The first-order chi connectivity index (χ1) is 18.1. The molecule has 5 nitrogen and oxygen atoms in total. The first-order valence-corrected chi connectivity index (χ1v) is 15.0. The smallest absolute Gasteiger partial charge is 0.262 e. The third kappa shape index (κ3) is 8.74. The van der Waals surface area contributed by atoms with Crippen LogP contribution in [-0.4, -0.2) is 19.3 Å². The van der Waals surface area contributed by atoms with Crippen molar-refractivity contribution in [3.05, 3.63) is 95.6 Å². The van der Waals surface area contributed by atoms with Crippen LogP contribution in [0.3, 0.4) is 0 Å². The van der Waals surface area contributed by atoms with Crippen molar-refractivity contribution in [2.24, 2.45) is 5.16 Å². The molecule has 0 aliphatic carbocycles. The molecule has 0 saturated carbocycles. The number of para-hydroxylation sites is 1. The highest BCUT2D eigenvalue weighted by molar-refractivity contribution is 7.92. The monoisotopic (exact) mass is 520 g/mol. The number of benzene rings is 3. The molecule has 0 atom stereocenters. The number of hydrogen-bond acceptors (Lipinski definition) is 4. The summed E-state index contributed by atoms with van der Waals surface area (Å²) >= 11 is 0. The summed E-state index contributed by atoms with van der Waals surface area (Å²) in [6.45, 7) is 2.24. The Hall–Kier alpha value is -3.12. The Morgan fingerprint density at radius 3 is 1.97 bits per heavy atom. The second-order valence-electron chi connectivity index (χ2n) is 9.51. The van der Waals surface area contributed by atoms with Crippen LogP contribution in [0.1, 0.15) is 87.8 Å². The molecular formula is C31H40N2O3S. The van der Waals surface area contributed by atoms with Crippen LogP contribution >= 0.6 is 0 Å². The van der Waals surface area contributed by atoms with Gasteiger partial charge in [-0.2, -0.15) is 0 Å². The topological polar surface area (TPSA) is 78.8 Å². The van der Waals surface area contributed by atoms with Crippen molar-refractivity contribution in [3.8, 4) is 0 Å². The number of aryl methyl sites for hydroxylation is 1. The summed E-state index contributed by atoms with van der Waals surface area (Å²) in [5.74, 6) is 0. The van der Waals surface area contributed by atoms with Crippen LogP contribution in [0.15, 0.2) is 88.9 Å². The van der Waals surface area contributed by atoms with E-state index in [-0.39, 0.29) is 0 Å². The van der Waals surface area contributed by atoms with Crippen LogP contribution in [0.2, 0.25) is 0 Å². The summed E-state index contributed by atoms with van der Waals surface area (Å²) in [7, 11) is -3.84. The van der Waals surface area contributed by atoms with E-state index in [2.05, 4.69) is 16.8 Å². The highest BCUT2D eigenvalue weighted by Crippen LogP contribution is 2.26. The predicted octanol–water partition coefficient (Wildman–Crippen LogP) is 8.18. The van der Waals surface area contributed by atoms with E-state index >= 15 is 0 Å². The van der Waals surface area contributed by atoms with E-state index in [4.69, 9.17) is 0 Å². The molecule has 3 aromatic carbocycles. The zero-order valence-electron chi connectivity index (χ0n) is 21.9. The molecule has 0 amide bonds.